The molecule has 0 saturated carbocycles. The molecular formula is C21H27N6O11P2+. The summed E-state index contributed by atoms with van der Waals surface area (Å²) in [5.74, 6) is 0.209. The number of phosphoric acid groups is 1. The van der Waals surface area contributed by atoms with Crippen LogP contribution in [0.25, 0.3) is 11.2 Å². The van der Waals surface area contributed by atoms with E-state index in [-0.39, 0.29) is 22.5 Å². The largest absolute Gasteiger partial charge is 0.708 e. The van der Waals surface area contributed by atoms with E-state index in [1.54, 1.807) is 6.07 Å². The van der Waals surface area contributed by atoms with E-state index in [0.717, 1.165) is 14.2 Å². The first-order valence-electron chi connectivity index (χ1n) is 11.4. The van der Waals surface area contributed by atoms with E-state index < -0.39 is 53.1 Å². The van der Waals surface area contributed by atoms with E-state index in [1.165, 1.54) is 43.6 Å². The van der Waals surface area contributed by atoms with Crippen LogP contribution in [0.4, 0.5) is 5.82 Å². The van der Waals surface area contributed by atoms with Gasteiger partial charge in [-0.25, -0.2) is 19.5 Å². The lowest BCUT2D eigenvalue weighted by molar-refractivity contribution is -0.0485. The van der Waals surface area contributed by atoms with Crippen LogP contribution >= 0.6 is 16.1 Å². The van der Waals surface area contributed by atoms with E-state index in [1.807, 2.05) is 0 Å². The minimum Gasteiger partial charge on any atom is -0.497 e. The highest BCUT2D eigenvalue weighted by Gasteiger charge is 2.48. The van der Waals surface area contributed by atoms with Gasteiger partial charge < -0.3 is 30.4 Å². The van der Waals surface area contributed by atoms with Gasteiger partial charge in [-0.15, -0.1) is 4.52 Å². The maximum Gasteiger partial charge on any atom is 0.708 e. The van der Waals surface area contributed by atoms with Crippen molar-refractivity contribution in [3.05, 3.63) is 36.4 Å². The number of anilines is 1. The molecule has 4 unspecified atom stereocenters. The molecule has 6 atom stereocenters. The minimum atomic E-state index is -4.38. The Balaban J connectivity index is 1.64. The number of hydrogen-bond donors (Lipinski definition) is 3. The predicted octanol–water partition coefficient (Wildman–Crippen LogP) is 1.57. The zero-order valence-electron chi connectivity index (χ0n) is 21.7. The smallest absolute Gasteiger partial charge is 0.497 e. The summed E-state index contributed by atoms with van der Waals surface area (Å²) in [6, 6.07) is 3.38. The van der Waals surface area contributed by atoms with Crippen LogP contribution in [0.3, 0.4) is 0 Å². The lowest BCUT2D eigenvalue weighted by atomic mass is 10.1. The molecule has 0 aliphatic carbocycles. The summed E-state index contributed by atoms with van der Waals surface area (Å²) in [7, 11) is -2.24. The van der Waals surface area contributed by atoms with Gasteiger partial charge in [0.05, 0.1) is 40.3 Å². The minimum absolute atomic E-state index is 0.110. The number of aromatic nitrogens is 4. The number of nitrogens with one attached hydrogen (secondary N) is 1. The zero-order chi connectivity index (χ0) is 29.0. The number of carbonyl (C=O) groups is 1. The third-order valence-electron chi connectivity index (χ3n) is 5.88. The molecule has 0 bridgehead atoms. The summed E-state index contributed by atoms with van der Waals surface area (Å²) in [5.41, 5.74) is 6.55. The summed E-state index contributed by atoms with van der Waals surface area (Å²) in [4.78, 5) is 25.5. The molecule has 1 aliphatic rings. The van der Waals surface area contributed by atoms with Crippen molar-refractivity contribution in [2.45, 2.75) is 24.5 Å². The number of methoxy groups -OCH3 is 2. The molecule has 1 saturated heterocycles. The number of fused-ring (bicyclic) bond motifs is 1. The van der Waals surface area contributed by atoms with E-state index in [9.17, 15) is 19.0 Å². The molecule has 3 heterocycles. The van der Waals surface area contributed by atoms with Crippen LogP contribution in [0.2, 0.25) is 0 Å². The van der Waals surface area contributed by atoms with Crippen LogP contribution in [0.5, 0.6) is 11.5 Å². The van der Waals surface area contributed by atoms with Gasteiger partial charge in [0.1, 0.15) is 35.6 Å². The molecule has 17 nitrogen and oxygen atoms in total. The molecule has 4 rings (SSSR count). The fourth-order valence-electron chi connectivity index (χ4n) is 3.91. The van der Waals surface area contributed by atoms with Crippen LogP contribution in [-0.2, 0) is 31.7 Å². The second kappa shape index (κ2) is 12.5. The zero-order valence-corrected chi connectivity index (χ0v) is 23.5. The fourth-order valence-corrected chi connectivity index (χ4v) is 5.72. The van der Waals surface area contributed by atoms with Gasteiger partial charge >= 0.3 is 16.1 Å². The molecule has 1 aliphatic heterocycles. The van der Waals surface area contributed by atoms with Crippen LogP contribution in [0.1, 0.15) is 16.6 Å². The lowest BCUT2D eigenvalue weighted by Crippen LogP contribution is -2.48. The normalized spacial score (nSPS) is 22.6. The number of hydrogen-bond acceptors (Lipinski definition) is 15. The summed E-state index contributed by atoms with van der Waals surface area (Å²) >= 11 is 0. The number of nitrogen functional groups attached to an aromatic ring is 1. The van der Waals surface area contributed by atoms with E-state index >= 15 is 0 Å². The molecule has 1 amide bonds. The topological polar surface area (TPSA) is 218 Å². The summed E-state index contributed by atoms with van der Waals surface area (Å²) in [6.45, 7) is -0.540. The Hall–Kier alpha value is -3.27. The number of phosphoric ester groups is 1. The molecule has 40 heavy (non-hydrogen) atoms. The van der Waals surface area contributed by atoms with E-state index in [4.69, 9.17) is 33.3 Å². The molecular weight excluding hydrogens is 574 g/mol. The number of nitrogens with zero attached hydrogens (tertiary/aromatic N) is 4. The van der Waals surface area contributed by atoms with Crippen molar-refractivity contribution in [3.63, 3.8) is 0 Å². The number of aliphatic hydroxyl groups excluding tert-OH is 1. The predicted molar refractivity (Wildman–Crippen MR) is 137 cm³/mol. The number of rotatable bonds is 12. The molecule has 4 N–H and O–H groups in total. The van der Waals surface area contributed by atoms with Gasteiger partial charge in [0.25, 0.3) is 5.91 Å². The fraction of sp³-hybridized carbons (Fsp3) is 0.429. The first-order chi connectivity index (χ1) is 19.1. The summed E-state index contributed by atoms with van der Waals surface area (Å²) < 4.78 is 61.6. The summed E-state index contributed by atoms with van der Waals surface area (Å²) in [5, 5.41) is 14.0. The van der Waals surface area contributed by atoms with Crippen molar-refractivity contribution >= 4 is 39.0 Å². The second-order valence-electron chi connectivity index (χ2n) is 8.15. The SMILES string of the molecule is COc1cc(OC)cc(C(=O)NC2C(O)[C@H](n3cnc4c(N)ncnc43)O[C@@H]2COP(=O)(OC)O[P+](=O)OC)c1. The first kappa shape index (κ1) is 29.7. The van der Waals surface area contributed by atoms with E-state index in [0.29, 0.717) is 11.5 Å². The average Bonchev–Trinajstić information content (AvgIpc) is 3.53. The highest BCUT2D eigenvalue weighted by molar-refractivity contribution is 7.56. The third-order valence-corrected chi connectivity index (χ3v) is 8.43. The lowest BCUT2D eigenvalue weighted by Gasteiger charge is -2.22. The number of nitrogens with two attached hydrogens (primary N) is 1. The Bertz CT molecular complexity index is 1420. The van der Waals surface area contributed by atoms with Crippen molar-refractivity contribution < 1.29 is 51.1 Å². The molecule has 19 heteroatoms. The second-order valence-corrected chi connectivity index (χ2v) is 11.1. The maximum atomic E-state index is 13.3. The number of imidazole rings is 1. The number of amides is 1. The van der Waals surface area contributed by atoms with Gasteiger partial charge in [-0.3, -0.25) is 18.4 Å². The molecule has 1 fully saturated rings. The molecule has 0 radical (unpaired) electrons. The number of ether oxygens (including phenoxy) is 3. The van der Waals surface area contributed by atoms with Crippen molar-refractivity contribution in [1.82, 2.24) is 24.8 Å². The Kier molecular flexibility index (Phi) is 9.28. The third kappa shape index (κ3) is 6.22. The van der Waals surface area contributed by atoms with Crippen molar-refractivity contribution in [2.75, 3.05) is 40.8 Å². The van der Waals surface area contributed by atoms with Crippen molar-refractivity contribution in [1.29, 1.82) is 0 Å². The van der Waals surface area contributed by atoms with Gasteiger partial charge in [-0.1, -0.05) is 0 Å². The molecule has 3 aromatic rings. The van der Waals surface area contributed by atoms with Crippen LogP contribution in [-0.4, -0.2) is 83.8 Å². The first-order valence-corrected chi connectivity index (χ1v) is 14.0. The molecule has 2 aromatic heterocycles. The molecule has 1 aromatic carbocycles. The van der Waals surface area contributed by atoms with Crippen LogP contribution < -0.4 is 20.5 Å². The quantitative estimate of drug-likeness (QED) is 0.251. The van der Waals surface area contributed by atoms with Gasteiger partial charge in [-0.2, -0.15) is 0 Å². The Morgan fingerprint density at radius 2 is 1.88 bits per heavy atom. The average molecular weight is 601 g/mol. The van der Waals surface area contributed by atoms with Gasteiger partial charge in [0.15, 0.2) is 17.7 Å². The van der Waals surface area contributed by atoms with Crippen LogP contribution in [0.15, 0.2) is 30.9 Å². The van der Waals surface area contributed by atoms with Gasteiger partial charge in [-0.05, 0) is 16.4 Å². The highest BCUT2D eigenvalue weighted by atomic mass is 31.2. The molecule has 216 valence electrons. The van der Waals surface area contributed by atoms with Crippen LogP contribution in [0, 0.1) is 0 Å². The van der Waals surface area contributed by atoms with Crippen molar-refractivity contribution in [3.8, 4) is 11.5 Å². The van der Waals surface area contributed by atoms with E-state index in [2.05, 4.69) is 24.8 Å². The standard InChI is InChI=1S/C21H26N6O11P2/c1-32-12-5-11(6-13(7-12)33-2)20(29)26-15-14(8-36-40(31,35-4)38-39(30)34-3)37-21(17(15)28)27-10-25-16-18(22)23-9-24-19(16)27/h5-7,9-10,14-15,17,21,28H,8H2,1-4H3,(H2-,22,23,24,26,29)/p+1/t14-,15?,17?,21-,40?/m1/s1. The number of aliphatic hydroxyl groups is 1. The number of carbonyl (C=O) groups excluding carboxylic acids is 1. The summed E-state index contributed by atoms with van der Waals surface area (Å²) in [6.07, 6.45) is -1.14. The Morgan fingerprint density at radius 1 is 1.18 bits per heavy atom. The monoisotopic (exact) mass is 601 g/mol. The van der Waals surface area contributed by atoms with Gasteiger partial charge in [0, 0.05) is 23.3 Å². The van der Waals surface area contributed by atoms with Crippen molar-refractivity contribution in [2.24, 2.45) is 0 Å². The molecule has 0 spiro atoms. The Morgan fingerprint density at radius 3 is 2.50 bits per heavy atom. The highest BCUT2D eigenvalue weighted by Crippen LogP contribution is 2.56. The van der Waals surface area contributed by atoms with Gasteiger partial charge in [0.2, 0.25) is 0 Å². The Labute approximate surface area is 228 Å². The number of benzene rings is 1. The maximum absolute atomic E-state index is 13.3.